The Labute approximate surface area is 98.2 Å². The third-order valence-corrected chi connectivity index (χ3v) is 2.48. The molecule has 1 aromatic heterocycles. The standard InChI is InChI=1S/C13H13NO3/c1-9(14-6-7-15)11-8-10-4-2-3-5-12(10)17-13(11)16/h2-5,8,15H,6-7H2,1H3. The number of rotatable bonds is 3. The Bertz CT molecular complexity index is 613. The van der Waals surface area contributed by atoms with Gasteiger partial charge in [-0.2, -0.15) is 0 Å². The predicted octanol–water partition coefficient (Wildman–Crippen LogP) is 1.59. The number of aliphatic imine (C=N–C) groups is 1. The average Bonchev–Trinajstić information content (AvgIpc) is 2.35. The number of benzene rings is 1. The molecule has 0 radical (unpaired) electrons. The molecule has 0 aliphatic heterocycles. The second kappa shape index (κ2) is 4.93. The molecule has 0 atom stereocenters. The summed E-state index contributed by atoms with van der Waals surface area (Å²) < 4.78 is 5.19. The van der Waals surface area contributed by atoms with Crippen LogP contribution in [0.5, 0.6) is 0 Å². The molecule has 2 aromatic rings. The molecule has 0 saturated carbocycles. The van der Waals surface area contributed by atoms with E-state index in [4.69, 9.17) is 9.52 Å². The van der Waals surface area contributed by atoms with E-state index in [9.17, 15) is 4.79 Å². The summed E-state index contributed by atoms with van der Waals surface area (Å²) in [6.07, 6.45) is 0. The number of aliphatic hydroxyl groups is 1. The SMILES string of the molecule is CC(=NCCO)c1cc2ccccc2oc1=O. The number of para-hydroxylation sites is 1. The molecule has 0 fully saturated rings. The van der Waals surface area contributed by atoms with Crippen LogP contribution in [-0.2, 0) is 0 Å². The Balaban J connectivity index is 2.55. The van der Waals surface area contributed by atoms with Crippen molar-refractivity contribution in [1.82, 2.24) is 0 Å². The first kappa shape index (κ1) is 11.5. The van der Waals surface area contributed by atoms with E-state index in [0.717, 1.165) is 5.39 Å². The van der Waals surface area contributed by atoms with Crippen molar-refractivity contribution in [3.05, 3.63) is 46.3 Å². The van der Waals surface area contributed by atoms with Crippen molar-refractivity contribution >= 4 is 16.7 Å². The van der Waals surface area contributed by atoms with Crippen molar-refractivity contribution in [1.29, 1.82) is 0 Å². The minimum absolute atomic E-state index is 0.0315. The molecule has 1 aromatic carbocycles. The highest BCUT2D eigenvalue weighted by molar-refractivity contribution is 6.00. The van der Waals surface area contributed by atoms with E-state index >= 15 is 0 Å². The molecule has 88 valence electrons. The van der Waals surface area contributed by atoms with Crippen molar-refractivity contribution in [3.8, 4) is 0 Å². The molecule has 0 spiro atoms. The summed E-state index contributed by atoms with van der Waals surface area (Å²) in [7, 11) is 0. The molecular formula is C13H13NO3. The van der Waals surface area contributed by atoms with Gasteiger partial charge in [-0.1, -0.05) is 18.2 Å². The molecular weight excluding hydrogens is 218 g/mol. The van der Waals surface area contributed by atoms with Gasteiger partial charge in [0.15, 0.2) is 0 Å². The first-order valence-electron chi connectivity index (χ1n) is 5.37. The van der Waals surface area contributed by atoms with E-state index in [1.54, 1.807) is 19.1 Å². The summed E-state index contributed by atoms with van der Waals surface area (Å²) in [6.45, 7) is 1.99. The number of hydrogen-bond acceptors (Lipinski definition) is 4. The fourth-order valence-corrected chi connectivity index (χ4v) is 1.62. The van der Waals surface area contributed by atoms with Gasteiger partial charge in [-0.05, 0) is 19.1 Å². The van der Waals surface area contributed by atoms with E-state index in [-0.39, 0.29) is 13.2 Å². The van der Waals surface area contributed by atoms with Gasteiger partial charge in [-0.25, -0.2) is 4.79 Å². The average molecular weight is 231 g/mol. The zero-order valence-electron chi connectivity index (χ0n) is 9.51. The fourth-order valence-electron chi connectivity index (χ4n) is 1.62. The molecule has 1 N–H and O–H groups in total. The normalized spacial score (nSPS) is 12.0. The van der Waals surface area contributed by atoms with E-state index in [1.807, 2.05) is 18.2 Å². The van der Waals surface area contributed by atoms with E-state index < -0.39 is 5.63 Å². The van der Waals surface area contributed by atoms with Gasteiger partial charge in [0, 0.05) is 11.1 Å². The number of fused-ring (bicyclic) bond motifs is 1. The molecule has 0 aliphatic carbocycles. The Morgan fingerprint density at radius 1 is 1.41 bits per heavy atom. The van der Waals surface area contributed by atoms with Crippen LogP contribution in [-0.4, -0.2) is 24.0 Å². The van der Waals surface area contributed by atoms with Crippen LogP contribution in [0.15, 0.2) is 44.5 Å². The summed E-state index contributed by atoms with van der Waals surface area (Å²) in [5.41, 5.74) is 1.19. The molecule has 17 heavy (non-hydrogen) atoms. The van der Waals surface area contributed by atoms with Crippen LogP contribution in [0.4, 0.5) is 0 Å². The molecule has 0 amide bonds. The van der Waals surface area contributed by atoms with Crippen LogP contribution in [0, 0.1) is 0 Å². The van der Waals surface area contributed by atoms with E-state index in [0.29, 0.717) is 16.9 Å². The van der Waals surface area contributed by atoms with Gasteiger partial charge >= 0.3 is 5.63 Å². The summed E-state index contributed by atoms with van der Waals surface area (Å²) in [4.78, 5) is 15.8. The van der Waals surface area contributed by atoms with Crippen LogP contribution in [0.3, 0.4) is 0 Å². The number of nitrogens with zero attached hydrogens (tertiary/aromatic N) is 1. The summed E-state index contributed by atoms with van der Waals surface area (Å²) >= 11 is 0. The Kier molecular flexibility index (Phi) is 3.35. The maximum absolute atomic E-state index is 11.7. The molecule has 0 unspecified atom stereocenters. The van der Waals surface area contributed by atoms with Crippen molar-refractivity contribution < 1.29 is 9.52 Å². The maximum Gasteiger partial charge on any atom is 0.345 e. The smallest absolute Gasteiger partial charge is 0.345 e. The largest absolute Gasteiger partial charge is 0.422 e. The lowest BCUT2D eigenvalue weighted by Crippen LogP contribution is -2.12. The van der Waals surface area contributed by atoms with Gasteiger partial charge in [-0.3, -0.25) is 4.99 Å². The molecule has 0 bridgehead atoms. The first-order valence-corrected chi connectivity index (χ1v) is 5.37. The topological polar surface area (TPSA) is 62.8 Å². The van der Waals surface area contributed by atoms with Gasteiger partial charge in [0.2, 0.25) is 0 Å². The summed E-state index contributed by atoms with van der Waals surface area (Å²) in [6, 6.07) is 9.09. The second-order valence-corrected chi connectivity index (χ2v) is 3.68. The zero-order valence-corrected chi connectivity index (χ0v) is 9.51. The van der Waals surface area contributed by atoms with Crippen molar-refractivity contribution in [2.45, 2.75) is 6.92 Å². The minimum atomic E-state index is -0.400. The molecule has 4 heteroatoms. The lowest BCUT2D eigenvalue weighted by Gasteiger charge is -2.01. The van der Waals surface area contributed by atoms with E-state index in [2.05, 4.69) is 4.99 Å². The molecule has 1 heterocycles. The highest BCUT2D eigenvalue weighted by Crippen LogP contribution is 2.12. The van der Waals surface area contributed by atoms with Gasteiger partial charge in [0.1, 0.15) is 5.58 Å². The number of hydrogen-bond donors (Lipinski definition) is 1. The van der Waals surface area contributed by atoms with E-state index in [1.165, 1.54) is 0 Å². The van der Waals surface area contributed by atoms with Gasteiger partial charge in [-0.15, -0.1) is 0 Å². The van der Waals surface area contributed by atoms with Crippen LogP contribution in [0.25, 0.3) is 11.0 Å². The van der Waals surface area contributed by atoms with Crippen molar-refractivity contribution in [2.75, 3.05) is 13.2 Å². The quantitative estimate of drug-likeness (QED) is 0.644. The highest BCUT2D eigenvalue weighted by atomic mass is 16.4. The third kappa shape index (κ3) is 2.42. The first-order chi connectivity index (χ1) is 8.22. The number of aliphatic hydroxyl groups excluding tert-OH is 1. The van der Waals surface area contributed by atoms with Crippen molar-refractivity contribution in [2.24, 2.45) is 4.99 Å². The third-order valence-electron chi connectivity index (χ3n) is 2.48. The monoisotopic (exact) mass is 231 g/mol. The minimum Gasteiger partial charge on any atom is -0.422 e. The fraction of sp³-hybridized carbons (Fsp3) is 0.231. The van der Waals surface area contributed by atoms with Crippen LogP contribution in [0.1, 0.15) is 12.5 Å². The van der Waals surface area contributed by atoms with Crippen LogP contribution < -0.4 is 5.63 Å². The summed E-state index contributed by atoms with van der Waals surface area (Å²) in [5.74, 6) is 0. The van der Waals surface area contributed by atoms with Crippen LogP contribution in [0.2, 0.25) is 0 Å². The lowest BCUT2D eigenvalue weighted by atomic mass is 10.1. The Morgan fingerprint density at radius 2 is 2.18 bits per heavy atom. The van der Waals surface area contributed by atoms with Gasteiger partial charge < -0.3 is 9.52 Å². The zero-order chi connectivity index (χ0) is 12.3. The van der Waals surface area contributed by atoms with Crippen molar-refractivity contribution in [3.63, 3.8) is 0 Å². The van der Waals surface area contributed by atoms with Gasteiger partial charge in [0.25, 0.3) is 0 Å². The Hall–Kier alpha value is -1.94. The molecule has 2 rings (SSSR count). The predicted molar refractivity (Wildman–Crippen MR) is 66.6 cm³/mol. The molecule has 4 nitrogen and oxygen atoms in total. The highest BCUT2D eigenvalue weighted by Gasteiger charge is 2.07. The summed E-state index contributed by atoms with van der Waals surface area (Å²) in [5, 5.41) is 9.56. The van der Waals surface area contributed by atoms with Gasteiger partial charge in [0.05, 0.1) is 18.7 Å². The maximum atomic E-state index is 11.7. The van der Waals surface area contributed by atoms with Crippen LogP contribution >= 0.6 is 0 Å². The second-order valence-electron chi connectivity index (χ2n) is 3.68. The Morgan fingerprint density at radius 3 is 2.94 bits per heavy atom. The molecule has 0 saturated heterocycles. The lowest BCUT2D eigenvalue weighted by molar-refractivity contribution is 0.307. The molecule has 0 aliphatic rings.